The van der Waals surface area contributed by atoms with Gasteiger partial charge < -0.3 is 0 Å². The van der Waals surface area contributed by atoms with Gasteiger partial charge in [-0.25, -0.2) is 9.07 Å². The molecular formula is C12H8Cl2F4N2. The molecule has 0 bridgehead atoms. The van der Waals surface area contributed by atoms with Crippen molar-refractivity contribution in [3.05, 3.63) is 52.1 Å². The van der Waals surface area contributed by atoms with Gasteiger partial charge in [0.15, 0.2) is 5.69 Å². The maximum Gasteiger partial charge on any atom is 0.435 e. The Morgan fingerprint density at radius 2 is 1.75 bits per heavy atom. The van der Waals surface area contributed by atoms with Crippen LogP contribution in [0.2, 0.25) is 5.15 Å². The maximum absolute atomic E-state index is 12.8. The van der Waals surface area contributed by atoms with E-state index in [9.17, 15) is 17.6 Å². The second kappa shape index (κ2) is 5.61. The van der Waals surface area contributed by atoms with Crippen LogP contribution in [0.4, 0.5) is 17.6 Å². The number of halogens is 6. The van der Waals surface area contributed by atoms with E-state index in [0.717, 1.165) is 4.68 Å². The smallest absolute Gasteiger partial charge is 0.249 e. The number of nitrogens with zero attached hydrogens (tertiary/aromatic N) is 2. The first kappa shape index (κ1) is 15.1. The van der Waals surface area contributed by atoms with E-state index in [4.69, 9.17) is 23.2 Å². The van der Waals surface area contributed by atoms with E-state index in [1.807, 2.05) is 0 Å². The topological polar surface area (TPSA) is 17.8 Å². The molecule has 108 valence electrons. The van der Waals surface area contributed by atoms with Crippen molar-refractivity contribution in [2.75, 3.05) is 0 Å². The lowest BCUT2D eigenvalue weighted by Gasteiger charge is -2.04. The van der Waals surface area contributed by atoms with Crippen molar-refractivity contribution in [3.63, 3.8) is 0 Å². The van der Waals surface area contributed by atoms with Gasteiger partial charge in [0.25, 0.3) is 0 Å². The second-order valence-corrected chi connectivity index (χ2v) is 4.66. The fourth-order valence-electron chi connectivity index (χ4n) is 1.69. The lowest BCUT2D eigenvalue weighted by atomic mass is 10.2. The van der Waals surface area contributed by atoms with Gasteiger partial charge in [-0.1, -0.05) is 23.7 Å². The Kier molecular flexibility index (Phi) is 4.25. The van der Waals surface area contributed by atoms with E-state index in [1.165, 1.54) is 24.3 Å². The largest absolute Gasteiger partial charge is 0.435 e. The Morgan fingerprint density at radius 1 is 1.15 bits per heavy atom. The summed E-state index contributed by atoms with van der Waals surface area (Å²) in [6.07, 6.45) is -4.62. The van der Waals surface area contributed by atoms with E-state index in [-0.39, 0.29) is 17.3 Å². The Hall–Kier alpha value is -1.27. The number of benzene rings is 1. The number of hydrogen-bond donors (Lipinski definition) is 0. The Labute approximate surface area is 121 Å². The van der Waals surface area contributed by atoms with Gasteiger partial charge in [-0.15, -0.1) is 11.6 Å². The standard InChI is InChI=1S/C12H8Cl2F4N2/c13-5-9-10(12(16,17)18)19-20(11(9)14)6-7-1-3-8(15)4-2-7/h1-4H,5-6H2. The zero-order valence-corrected chi connectivity index (χ0v) is 11.4. The summed E-state index contributed by atoms with van der Waals surface area (Å²) < 4.78 is 52.1. The van der Waals surface area contributed by atoms with Gasteiger partial charge in [-0.2, -0.15) is 18.3 Å². The van der Waals surface area contributed by atoms with Crippen LogP contribution in [0.15, 0.2) is 24.3 Å². The van der Waals surface area contributed by atoms with Crippen molar-refractivity contribution in [1.82, 2.24) is 9.78 Å². The average molecular weight is 327 g/mol. The molecule has 0 radical (unpaired) electrons. The van der Waals surface area contributed by atoms with Crippen molar-refractivity contribution >= 4 is 23.2 Å². The van der Waals surface area contributed by atoms with Gasteiger partial charge in [0.05, 0.1) is 12.4 Å². The summed E-state index contributed by atoms with van der Waals surface area (Å²) in [5.41, 5.74) is -0.784. The molecule has 0 atom stereocenters. The van der Waals surface area contributed by atoms with Crippen LogP contribution in [-0.4, -0.2) is 9.78 Å². The molecule has 0 aliphatic heterocycles. The van der Waals surface area contributed by atoms with Gasteiger partial charge in [-0.3, -0.25) is 0 Å². The summed E-state index contributed by atoms with van der Waals surface area (Å²) in [6.45, 7) is -0.000910. The van der Waals surface area contributed by atoms with Gasteiger partial charge in [-0.05, 0) is 17.7 Å². The lowest BCUT2D eigenvalue weighted by molar-refractivity contribution is -0.142. The van der Waals surface area contributed by atoms with Crippen LogP contribution >= 0.6 is 23.2 Å². The van der Waals surface area contributed by atoms with Crippen molar-refractivity contribution in [2.24, 2.45) is 0 Å². The zero-order valence-electron chi connectivity index (χ0n) is 9.89. The van der Waals surface area contributed by atoms with Gasteiger partial charge in [0.1, 0.15) is 11.0 Å². The Bertz CT molecular complexity index is 605. The highest BCUT2D eigenvalue weighted by Crippen LogP contribution is 2.35. The van der Waals surface area contributed by atoms with Crippen LogP contribution in [-0.2, 0) is 18.6 Å². The first-order chi connectivity index (χ1) is 9.32. The van der Waals surface area contributed by atoms with Crippen LogP contribution in [0.25, 0.3) is 0 Å². The maximum atomic E-state index is 12.8. The Morgan fingerprint density at radius 3 is 2.20 bits per heavy atom. The molecule has 0 fully saturated rings. The molecule has 8 heteroatoms. The zero-order chi connectivity index (χ0) is 14.9. The third kappa shape index (κ3) is 3.07. The summed E-state index contributed by atoms with van der Waals surface area (Å²) in [5.74, 6) is -0.824. The minimum Gasteiger partial charge on any atom is -0.249 e. The number of rotatable bonds is 3. The second-order valence-electron chi connectivity index (χ2n) is 4.03. The summed E-state index contributed by atoms with van der Waals surface area (Å²) in [6, 6.07) is 5.31. The quantitative estimate of drug-likeness (QED) is 0.600. The summed E-state index contributed by atoms with van der Waals surface area (Å²) in [4.78, 5) is 0. The highest BCUT2D eigenvalue weighted by Gasteiger charge is 2.38. The number of hydrogen-bond acceptors (Lipinski definition) is 1. The van der Waals surface area contributed by atoms with Crippen LogP contribution in [0.5, 0.6) is 0 Å². The summed E-state index contributed by atoms with van der Waals surface area (Å²) in [7, 11) is 0. The SMILES string of the molecule is Fc1ccc(Cn2nc(C(F)(F)F)c(CCl)c2Cl)cc1. The molecule has 20 heavy (non-hydrogen) atoms. The fourth-order valence-corrected chi connectivity index (χ4v) is 2.27. The molecule has 2 nitrogen and oxygen atoms in total. The summed E-state index contributed by atoms with van der Waals surface area (Å²) >= 11 is 11.4. The molecule has 0 saturated carbocycles. The molecule has 2 aromatic rings. The molecule has 0 aliphatic rings. The van der Waals surface area contributed by atoms with Crippen LogP contribution < -0.4 is 0 Å². The van der Waals surface area contributed by atoms with Gasteiger partial charge in [0, 0.05) is 5.56 Å². The van der Waals surface area contributed by atoms with Crippen LogP contribution in [0.1, 0.15) is 16.8 Å². The van der Waals surface area contributed by atoms with E-state index in [0.29, 0.717) is 5.56 Å². The van der Waals surface area contributed by atoms with Crippen molar-refractivity contribution in [1.29, 1.82) is 0 Å². The molecule has 1 heterocycles. The van der Waals surface area contributed by atoms with Crippen molar-refractivity contribution in [3.8, 4) is 0 Å². The van der Waals surface area contributed by atoms with Gasteiger partial charge >= 0.3 is 6.18 Å². The molecule has 0 saturated heterocycles. The predicted octanol–water partition coefficient (Wildman–Crippen LogP) is 4.48. The normalized spacial score (nSPS) is 11.9. The lowest BCUT2D eigenvalue weighted by Crippen LogP contribution is -2.10. The minimum absolute atomic E-state index is 0.000910. The Balaban J connectivity index is 2.38. The fraction of sp³-hybridized carbons (Fsp3) is 0.250. The van der Waals surface area contributed by atoms with E-state index >= 15 is 0 Å². The molecule has 0 spiro atoms. The first-order valence-electron chi connectivity index (χ1n) is 5.45. The summed E-state index contributed by atoms with van der Waals surface area (Å²) in [5, 5.41) is 3.28. The molecule has 2 rings (SSSR count). The third-order valence-electron chi connectivity index (χ3n) is 2.63. The average Bonchev–Trinajstić information content (AvgIpc) is 2.69. The van der Waals surface area contributed by atoms with E-state index in [1.54, 1.807) is 0 Å². The molecule has 0 N–H and O–H groups in total. The molecular weight excluding hydrogens is 319 g/mol. The molecule has 0 unspecified atom stereocenters. The third-order valence-corrected chi connectivity index (χ3v) is 3.32. The van der Waals surface area contributed by atoms with Crippen LogP contribution in [0.3, 0.4) is 0 Å². The highest BCUT2D eigenvalue weighted by molar-refractivity contribution is 6.31. The molecule has 0 amide bonds. The molecule has 0 aliphatic carbocycles. The number of alkyl halides is 4. The van der Waals surface area contributed by atoms with E-state index < -0.39 is 23.6 Å². The minimum atomic E-state index is -4.62. The predicted molar refractivity (Wildman–Crippen MR) is 67.3 cm³/mol. The molecule has 1 aromatic heterocycles. The monoisotopic (exact) mass is 326 g/mol. The first-order valence-corrected chi connectivity index (χ1v) is 6.37. The van der Waals surface area contributed by atoms with Gasteiger partial charge in [0.2, 0.25) is 0 Å². The van der Waals surface area contributed by atoms with Crippen molar-refractivity contribution < 1.29 is 17.6 Å². The number of aromatic nitrogens is 2. The van der Waals surface area contributed by atoms with Crippen LogP contribution in [0, 0.1) is 5.82 Å². The molecule has 1 aromatic carbocycles. The highest BCUT2D eigenvalue weighted by atomic mass is 35.5. The van der Waals surface area contributed by atoms with Crippen molar-refractivity contribution in [2.45, 2.75) is 18.6 Å². The van der Waals surface area contributed by atoms with E-state index in [2.05, 4.69) is 5.10 Å².